The summed E-state index contributed by atoms with van der Waals surface area (Å²) in [7, 11) is -2.06. The average Bonchev–Trinajstić information content (AvgIpc) is 2.64. The van der Waals surface area contributed by atoms with E-state index < -0.39 is 22.0 Å². The number of aliphatic carboxylic acids is 1. The van der Waals surface area contributed by atoms with Crippen molar-refractivity contribution >= 4 is 16.0 Å². The third-order valence-corrected chi connectivity index (χ3v) is 3.74. The fourth-order valence-electron chi connectivity index (χ4n) is 1.41. The highest BCUT2D eigenvalue weighted by Gasteiger charge is 2.24. The van der Waals surface area contributed by atoms with Crippen LogP contribution in [0.25, 0.3) is 0 Å². The molecule has 0 radical (unpaired) electrons. The van der Waals surface area contributed by atoms with E-state index in [0.29, 0.717) is 6.42 Å². The highest BCUT2D eigenvalue weighted by atomic mass is 32.2. The van der Waals surface area contributed by atoms with E-state index in [1.807, 2.05) is 0 Å². The lowest BCUT2D eigenvalue weighted by atomic mass is 10.2. The Kier molecular flexibility index (Phi) is 4.30. The first-order chi connectivity index (χ1) is 7.86. The van der Waals surface area contributed by atoms with Crippen LogP contribution in [-0.2, 0) is 21.9 Å². The lowest BCUT2D eigenvalue weighted by Crippen LogP contribution is -2.40. The first kappa shape index (κ1) is 13.7. The van der Waals surface area contributed by atoms with Gasteiger partial charge in [0.05, 0.1) is 4.90 Å². The summed E-state index contributed by atoms with van der Waals surface area (Å²) >= 11 is 0. The molecular formula is C10H16N2O4S. The molecule has 1 aromatic heterocycles. The molecule has 0 fully saturated rings. The van der Waals surface area contributed by atoms with Gasteiger partial charge in [-0.05, 0) is 12.5 Å². The van der Waals surface area contributed by atoms with Crippen LogP contribution < -0.4 is 4.72 Å². The summed E-state index contributed by atoms with van der Waals surface area (Å²) < 4.78 is 27.5. The number of sulfonamides is 1. The van der Waals surface area contributed by atoms with Gasteiger partial charge in [-0.1, -0.05) is 13.3 Å². The second-order valence-corrected chi connectivity index (χ2v) is 5.53. The molecule has 0 saturated carbocycles. The molecule has 0 aliphatic heterocycles. The number of carbonyl (C=O) groups is 1. The maximum Gasteiger partial charge on any atom is 0.321 e. The Labute approximate surface area is 100 Å². The maximum absolute atomic E-state index is 11.8. The third kappa shape index (κ3) is 3.57. The molecule has 1 atom stereocenters. The predicted octanol–water partition coefficient (Wildman–Crippen LogP) is 0.557. The largest absolute Gasteiger partial charge is 0.480 e. The zero-order valence-electron chi connectivity index (χ0n) is 9.75. The zero-order valence-corrected chi connectivity index (χ0v) is 10.6. The van der Waals surface area contributed by atoms with E-state index in [1.165, 1.54) is 12.3 Å². The van der Waals surface area contributed by atoms with Crippen LogP contribution in [0.4, 0.5) is 0 Å². The highest BCUT2D eigenvalue weighted by molar-refractivity contribution is 7.89. The van der Waals surface area contributed by atoms with Crippen LogP contribution in [0.2, 0.25) is 0 Å². The fraction of sp³-hybridized carbons (Fsp3) is 0.500. The minimum atomic E-state index is -3.76. The minimum Gasteiger partial charge on any atom is -0.480 e. The molecule has 0 unspecified atom stereocenters. The van der Waals surface area contributed by atoms with Gasteiger partial charge in [0, 0.05) is 19.4 Å². The summed E-state index contributed by atoms with van der Waals surface area (Å²) in [4.78, 5) is 10.9. The molecule has 96 valence electrons. The van der Waals surface area contributed by atoms with Crippen molar-refractivity contribution in [2.75, 3.05) is 0 Å². The van der Waals surface area contributed by atoms with Gasteiger partial charge >= 0.3 is 5.97 Å². The Morgan fingerprint density at radius 2 is 2.24 bits per heavy atom. The van der Waals surface area contributed by atoms with Crippen molar-refractivity contribution in [2.45, 2.75) is 30.7 Å². The number of hydrogen-bond acceptors (Lipinski definition) is 3. The molecule has 7 heteroatoms. The van der Waals surface area contributed by atoms with E-state index in [1.54, 1.807) is 24.7 Å². The number of nitrogens with zero attached hydrogens (tertiary/aromatic N) is 1. The smallest absolute Gasteiger partial charge is 0.321 e. The Hall–Kier alpha value is -1.34. The summed E-state index contributed by atoms with van der Waals surface area (Å²) in [5.41, 5.74) is 0. The molecule has 0 spiro atoms. The minimum absolute atomic E-state index is 0.0716. The second-order valence-electron chi connectivity index (χ2n) is 3.81. The molecule has 0 aliphatic carbocycles. The Bertz CT molecular complexity index is 492. The molecule has 0 aromatic carbocycles. The van der Waals surface area contributed by atoms with Crippen molar-refractivity contribution in [3.8, 4) is 0 Å². The summed E-state index contributed by atoms with van der Waals surface area (Å²) in [6.07, 6.45) is 3.87. The number of rotatable bonds is 6. The van der Waals surface area contributed by atoms with Crippen molar-refractivity contribution < 1.29 is 18.3 Å². The standard InChI is InChI=1S/C10H16N2O4S/c1-3-4-9(10(13)14)11-17(15,16)8-5-6-12(2)7-8/h5-7,9,11H,3-4H2,1-2H3,(H,13,14)/t9-/m1/s1. The van der Waals surface area contributed by atoms with Gasteiger partial charge in [-0.2, -0.15) is 4.72 Å². The van der Waals surface area contributed by atoms with Crippen molar-refractivity contribution in [3.05, 3.63) is 18.5 Å². The van der Waals surface area contributed by atoms with Crippen molar-refractivity contribution in [3.63, 3.8) is 0 Å². The highest BCUT2D eigenvalue weighted by Crippen LogP contribution is 2.10. The van der Waals surface area contributed by atoms with Gasteiger partial charge in [-0.25, -0.2) is 8.42 Å². The lowest BCUT2D eigenvalue weighted by Gasteiger charge is -2.12. The molecule has 0 saturated heterocycles. The van der Waals surface area contributed by atoms with Crippen LogP contribution in [0, 0.1) is 0 Å². The Morgan fingerprint density at radius 3 is 2.65 bits per heavy atom. The van der Waals surface area contributed by atoms with Crippen LogP contribution >= 0.6 is 0 Å². The molecule has 2 N–H and O–H groups in total. The summed E-state index contributed by atoms with van der Waals surface area (Å²) in [6.45, 7) is 1.80. The van der Waals surface area contributed by atoms with Crippen molar-refractivity contribution in [2.24, 2.45) is 7.05 Å². The molecule has 0 amide bonds. The molecular weight excluding hydrogens is 244 g/mol. The molecule has 17 heavy (non-hydrogen) atoms. The van der Waals surface area contributed by atoms with Crippen molar-refractivity contribution in [1.29, 1.82) is 0 Å². The van der Waals surface area contributed by atoms with E-state index >= 15 is 0 Å². The topological polar surface area (TPSA) is 88.4 Å². The molecule has 1 heterocycles. The zero-order chi connectivity index (χ0) is 13.1. The van der Waals surface area contributed by atoms with E-state index in [2.05, 4.69) is 4.72 Å². The van der Waals surface area contributed by atoms with E-state index in [-0.39, 0.29) is 11.3 Å². The maximum atomic E-state index is 11.8. The summed E-state index contributed by atoms with van der Waals surface area (Å²) in [5.74, 6) is -1.16. The van der Waals surface area contributed by atoms with Gasteiger partial charge in [0.2, 0.25) is 10.0 Å². The number of aryl methyl sites for hydroxylation is 1. The van der Waals surface area contributed by atoms with Crippen molar-refractivity contribution in [1.82, 2.24) is 9.29 Å². The fourth-order valence-corrected chi connectivity index (χ4v) is 2.69. The number of carboxylic acids is 1. The second kappa shape index (κ2) is 5.33. The van der Waals surface area contributed by atoms with Gasteiger partial charge < -0.3 is 9.67 Å². The van der Waals surface area contributed by atoms with Gasteiger partial charge in [0.1, 0.15) is 6.04 Å². The Morgan fingerprint density at radius 1 is 1.59 bits per heavy atom. The van der Waals surface area contributed by atoms with Crippen LogP contribution in [0.15, 0.2) is 23.4 Å². The SMILES string of the molecule is CCC[C@@H](NS(=O)(=O)c1ccn(C)c1)C(=O)O. The molecule has 0 bridgehead atoms. The molecule has 6 nitrogen and oxygen atoms in total. The predicted molar refractivity (Wildman–Crippen MR) is 62.1 cm³/mol. The number of aromatic nitrogens is 1. The number of nitrogens with one attached hydrogen (secondary N) is 1. The summed E-state index contributed by atoms with van der Waals surface area (Å²) in [6, 6.07) is 0.345. The normalized spacial score (nSPS) is 13.5. The van der Waals surface area contributed by atoms with Crippen LogP contribution in [0.5, 0.6) is 0 Å². The molecule has 1 rings (SSSR count). The van der Waals surface area contributed by atoms with Crippen LogP contribution in [0.3, 0.4) is 0 Å². The summed E-state index contributed by atoms with van der Waals surface area (Å²) in [5, 5.41) is 8.89. The van der Waals surface area contributed by atoms with E-state index in [4.69, 9.17) is 5.11 Å². The monoisotopic (exact) mass is 260 g/mol. The molecule has 0 aliphatic rings. The van der Waals surface area contributed by atoms with Gasteiger partial charge in [-0.3, -0.25) is 4.79 Å². The first-order valence-corrected chi connectivity index (χ1v) is 6.72. The van der Waals surface area contributed by atoms with Gasteiger partial charge in [0.15, 0.2) is 0 Å². The number of carboxylic acid groups (broad SMARTS) is 1. The quantitative estimate of drug-likeness (QED) is 0.782. The van der Waals surface area contributed by atoms with Crippen LogP contribution in [-0.4, -0.2) is 30.1 Å². The third-order valence-electron chi connectivity index (χ3n) is 2.29. The van der Waals surface area contributed by atoms with E-state index in [0.717, 1.165) is 0 Å². The van der Waals surface area contributed by atoms with E-state index in [9.17, 15) is 13.2 Å². The van der Waals surface area contributed by atoms with Crippen LogP contribution in [0.1, 0.15) is 19.8 Å². The number of hydrogen-bond donors (Lipinski definition) is 2. The van der Waals surface area contributed by atoms with Gasteiger partial charge in [0.25, 0.3) is 0 Å². The molecule has 1 aromatic rings. The van der Waals surface area contributed by atoms with Gasteiger partial charge in [-0.15, -0.1) is 0 Å². The Balaban J connectivity index is 2.88. The lowest BCUT2D eigenvalue weighted by molar-refractivity contribution is -0.139. The average molecular weight is 260 g/mol. The first-order valence-electron chi connectivity index (χ1n) is 5.24.